The van der Waals surface area contributed by atoms with Gasteiger partial charge in [0.05, 0.1) is 11.6 Å². The van der Waals surface area contributed by atoms with Crippen molar-refractivity contribution in [2.75, 3.05) is 6.54 Å². The second-order valence-corrected chi connectivity index (χ2v) is 6.91. The van der Waals surface area contributed by atoms with Crippen molar-refractivity contribution in [1.82, 2.24) is 15.5 Å². The topological polar surface area (TPSA) is 102 Å². The molecule has 0 spiro atoms. The number of imide groups is 1. The van der Waals surface area contributed by atoms with E-state index in [1.54, 1.807) is 55.5 Å². The van der Waals surface area contributed by atoms with Crippen LogP contribution in [0.5, 0.6) is 0 Å². The van der Waals surface area contributed by atoms with Crippen LogP contribution >= 0.6 is 11.6 Å². The number of nitrogens with one attached hydrogen (secondary N) is 2. The van der Waals surface area contributed by atoms with Crippen LogP contribution in [-0.2, 0) is 21.7 Å². The van der Waals surface area contributed by atoms with E-state index in [1.165, 1.54) is 0 Å². The predicted octanol–water partition coefficient (Wildman–Crippen LogP) is 2.30. The fraction of sp³-hybridized carbons (Fsp3) is 0.200. The molecule has 0 aromatic heterocycles. The van der Waals surface area contributed by atoms with Gasteiger partial charge in [-0.1, -0.05) is 41.9 Å². The molecule has 0 aliphatic carbocycles. The lowest BCUT2D eigenvalue weighted by Crippen LogP contribution is -2.43. The summed E-state index contributed by atoms with van der Waals surface area (Å²) in [7, 11) is 0. The van der Waals surface area contributed by atoms with Crippen molar-refractivity contribution in [3.63, 3.8) is 0 Å². The fourth-order valence-corrected chi connectivity index (χ4v) is 3.15. The smallest absolute Gasteiger partial charge is 0.325 e. The van der Waals surface area contributed by atoms with Crippen molar-refractivity contribution in [3.05, 3.63) is 70.2 Å². The third-order valence-electron chi connectivity index (χ3n) is 4.60. The van der Waals surface area contributed by atoms with E-state index in [4.69, 9.17) is 16.9 Å². The molecule has 1 atom stereocenters. The second-order valence-electron chi connectivity index (χ2n) is 6.50. The quantitative estimate of drug-likeness (QED) is 0.757. The fourth-order valence-electron chi connectivity index (χ4n) is 2.95. The summed E-state index contributed by atoms with van der Waals surface area (Å²) in [4.78, 5) is 38.3. The zero-order valence-corrected chi connectivity index (χ0v) is 15.8. The maximum absolute atomic E-state index is 12.8. The molecular formula is C20H17ClN4O3. The molecule has 0 bridgehead atoms. The minimum Gasteiger partial charge on any atom is -0.350 e. The molecule has 8 heteroatoms. The van der Waals surface area contributed by atoms with Gasteiger partial charge in [0.2, 0.25) is 5.91 Å². The molecule has 0 radical (unpaired) electrons. The molecule has 2 aromatic rings. The van der Waals surface area contributed by atoms with E-state index in [0.29, 0.717) is 16.1 Å². The number of carbonyl (C=O) groups is 3. The largest absolute Gasteiger partial charge is 0.350 e. The monoisotopic (exact) mass is 396 g/mol. The molecule has 1 unspecified atom stereocenters. The summed E-state index contributed by atoms with van der Waals surface area (Å²) in [6, 6.07) is 14.8. The SMILES string of the molecule is CC1(c2ccc(C#N)cc2)NC(=O)N(CC(=O)NCc2ccccc2Cl)C1=O. The number of nitriles is 1. The standard InChI is InChI=1S/C20H17ClN4O3/c1-20(15-8-6-13(10-22)7-9-15)18(27)25(19(28)24-20)12-17(26)23-11-14-4-2-3-5-16(14)21/h2-9H,11-12H2,1H3,(H,23,26)(H,24,28). The first-order valence-electron chi connectivity index (χ1n) is 8.50. The average molecular weight is 397 g/mol. The molecule has 1 saturated heterocycles. The Morgan fingerprint density at radius 3 is 2.54 bits per heavy atom. The van der Waals surface area contributed by atoms with Crippen LogP contribution in [0, 0.1) is 11.3 Å². The van der Waals surface area contributed by atoms with Crippen LogP contribution in [0.4, 0.5) is 4.79 Å². The second kappa shape index (κ2) is 7.71. The average Bonchev–Trinajstić information content (AvgIpc) is 2.91. The maximum Gasteiger partial charge on any atom is 0.325 e. The van der Waals surface area contributed by atoms with Gasteiger partial charge in [0, 0.05) is 11.6 Å². The van der Waals surface area contributed by atoms with Gasteiger partial charge < -0.3 is 10.6 Å². The third kappa shape index (κ3) is 3.68. The van der Waals surface area contributed by atoms with Crippen molar-refractivity contribution < 1.29 is 14.4 Å². The van der Waals surface area contributed by atoms with Crippen molar-refractivity contribution in [3.8, 4) is 6.07 Å². The Bertz CT molecular complexity index is 984. The van der Waals surface area contributed by atoms with Gasteiger partial charge in [0.1, 0.15) is 12.1 Å². The number of rotatable bonds is 5. The van der Waals surface area contributed by atoms with Gasteiger partial charge in [0.15, 0.2) is 0 Å². The summed E-state index contributed by atoms with van der Waals surface area (Å²) >= 11 is 6.05. The molecule has 142 valence electrons. The van der Waals surface area contributed by atoms with Crippen LogP contribution in [-0.4, -0.2) is 29.3 Å². The Kier molecular flexibility index (Phi) is 5.34. The van der Waals surface area contributed by atoms with E-state index < -0.39 is 29.9 Å². The van der Waals surface area contributed by atoms with Gasteiger partial charge in [-0.05, 0) is 36.2 Å². The molecule has 1 fully saturated rings. The van der Waals surface area contributed by atoms with Gasteiger partial charge in [0.25, 0.3) is 5.91 Å². The molecule has 2 aromatic carbocycles. The molecule has 1 aliphatic heterocycles. The van der Waals surface area contributed by atoms with Crippen molar-refractivity contribution in [2.24, 2.45) is 0 Å². The highest BCUT2D eigenvalue weighted by Gasteiger charge is 2.49. The molecular weight excluding hydrogens is 380 g/mol. The van der Waals surface area contributed by atoms with Crippen LogP contribution in [0.15, 0.2) is 48.5 Å². The summed E-state index contributed by atoms with van der Waals surface area (Å²) in [5.74, 6) is -1.01. The highest BCUT2D eigenvalue weighted by atomic mass is 35.5. The van der Waals surface area contributed by atoms with E-state index >= 15 is 0 Å². The van der Waals surface area contributed by atoms with Crippen LogP contribution in [0.3, 0.4) is 0 Å². The summed E-state index contributed by atoms with van der Waals surface area (Å²) < 4.78 is 0. The molecule has 4 amide bonds. The van der Waals surface area contributed by atoms with Gasteiger partial charge in [-0.15, -0.1) is 0 Å². The molecule has 1 aliphatic rings. The molecule has 1 heterocycles. The van der Waals surface area contributed by atoms with Crippen LogP contribution in [0.1, 0.15) is 23.6 Å². The van der Waals surface area contributed by atoms with Crippen LogP contribution < -0.4 is 10.6 Å². The van der Waals surface area contributed by atoms with Crippen molar-refractivity contribution >= 4 is 29.4 Å². The third-order valence-corrected chi connectivity index (χ3v) is 4.97. The Labute approximate surface area is 166 Å². The van der Waals surface area contributed by atoms with E-state index in [9.17, 15) is 14.4 Å². The number of hydrogen-bond donors (Lipinski definition) is 2. The number of hydrogen-bond acceptors (Lipinski definition) is 4. The summed E-state index contributed by atoms with van der Waals surface area (Å²) in [6.07, 6.45) is 0. The molecule has 3 rings (SSSR count). The maximum atomic E-state index is 12.8. The van der Waals surface area contributed by atoms with E-state index in [1.807, 2.05) is 6.07 Å². The van der Waals surface area contributed by atoms with Crippen LogP contribution in [0.25, 0.3) is 0 Å². The lowest BCUT2D eigenvalue weighted by molar-refractivity contribution is -0.134. The van der Waals surface area contributed by atoms with Crippen molar-refractivity contribution in [2.45, 2.75) is 19.0 Å². The minimum absolute atomic E-state index is 0.190. The first-order chi connectivity index (χ1) is 13.3. The normalized spacial score (nSPS) is 18.5. The molecule has 7 nitrogen and oxygen atoms in total. The highest BCUT2D eigenvalue weighted by molar-refractivity contribution is 6.31. The number of nitrogens with zero attached hydrogens (tertiary/aromatic N) is 2. The molecule has 0 saturated carbocycles. The van der Waals surface area contributed by atoms with Gasteiger partial charge >= 0.3 is 6.03 Å². The summed E-state index contributed by atoms with van der Waals surface area (Å²) in [5.41, 5.74) is 0.412. The van der Waals surface area contributed by atoms with Gasteiger partial charge in [-0.25, -0.2) is 4.79 Å². The Morgan fingerprint density at radius 1 is 1.21 bits per heavy atom. The predicted molar refractivity (Wildman–Crippen MR) is 102 cm³/mol. The van der Waals surface area contributed by atoms with Gasteiger partial charge in [-0.2, -0.15) is 5.26 Å². The molecule has 28 heavy (non-hydrogen) atoms. The number of urea groups is 1. The Balaban J connectivity index is 1.68. The number of halogens is 1. The summed E-state index contributed by atoms with van der Waals surface area (Å²) in [6.45, 7) is 1.35. The van der Waals surface area contributed by atoms with E-state index in [-0.39, 0.29) is 6.54 Å². The lowest BCUT2D eigenvalue weighted by atomic mass is 9.91. The number of amides is 4. The van der Waals surface area contributed by atoms with E-state index in [2.05, 4.69) is 10.6 Å². The first-order valence-corrected chi connectivity index (χ1v) is 8.88. The Hall–Kier alpha value is -3.37. The van der Waals surface area contributed by atoms with Gasteiger partial charge in [-0.3, -0.25) is 14.5 Å². The lowest BCUT2D eigenvalue weighted by Gasteiger charge is -2.22. The zero-order chi connectivity index (χ0) is 20.3. The number of benzene rings is 2. The number of carbonyl (C=O) groups excluding carboxylic acids is 3. The highest BCUT2D eigenvalue weighted by Crippen LogP contribution is 2.28. The zero-order valence-electron chi connectivity index (χ0n) is 15.0. The Morgan fingerprint density at radius 2 is 1.89 bits per heavy atom. The first kappa shape index (κ1) is 19.4. The molecule has 2 N–H and O–H groups in total. The minimum atomic E-state index is -1.30. The van der Waals surface area contributed by atoms with E-state index in [0.717, 1.165) is 10.5 Å². The summed E-state index contributed by atoms with van der Waals surface area (Å²) in [5, 5.41) is 14.7. The van der Waals surface area contributed by atoms with Crippen LogP contribution in [0.2, 0.25) is 5.02 Å². The van der Waals surface area contributed by atoms with Crippen molar-refractivity contribution in [1.29, 1.82) is 5.26 Å².